The Morgan fingerprint density at radius 3 is 2.62 bits per heavy atom. The van der Waals surface area contributed by atoms with Gasteiger partial charge in [0.15, 0.2) is 0 Å². The summed E-state index contributed by atoms with van der Waals surface area (Å²) >= 11 is 0. The van der Waals surface area contributed by atoms with Crippen molar-refractivity contribution in [3.8, 4) is 0 Å². The lowest BCUT2D eigenvalue weighted by atomic mass is 9.92. The van der Waals surface area contributed by atoms with Gasteiger partial charge in [-0.2, -0.15) is 0 Å². The van der Waals surface area contributed by atoms with E-state index in [4.69, 9.17) is 5.11 Å². The second kappa shape index (κ2) is 8.87. The molecule has 0 saturated carbocycles. The fourth-order valence-corrected chi connectivity index (χ4v) is 3.75. The molecule has 2 saturated heterocycles. The quantitative estimate of drug-likeness (QED) is 0.764. The van der Waals surface area contributed by atoms with E-state index >= 15 is 0 Å². The lowest BCUT2D eigenvalue weighted by Gasteiger charge is -2.39. The number of nitrogens with zero attached hydrogens (tertiary/aromatic N) is 3. The number of likely N-dealkylation sites (tertiary alicyclic amines) is 2. The lowest BCUT2D eigenvalue weighted by molar-refractivity contribution is 0.122. The Labute approximate surface area is 154 Å². The van der Waals surface area contributed by atoms with E-state index in [1.807, 2.05) is 17.2 Å². The lowest BCUT2D eigenvalue weighted by Crippen LogP contribution is -2.52. The van der Waals surface area contributed by atoms with E-state index in [0.29, 0.717) is 31.5 Å². The van der Waals surface area contributed by atoms with Crippen LogP contribution in [0.25, 0.3) is 0 Å². The molecule has 0 atom stereocenters. The maximum absolute atomic E-state index is 12.1. The Balaban J connectivity index is 1.23. The number of carbonyl (C=O) groups is 2. The second-order valence-corrected chi connectivity index (χ2v) is 7.33. The number of rotatable bonds is 6. The van der Waals surface area contributed by atoms with Crippen molar-refractivity contribution in [3.05, 3.63) is 30.1 Å². The zero-order valence-corrected chi connectivity index (χ0v) is 15.1. The topological polar surface area (TPSA) is 85.8 Å². The predicted molar refractivity (Wildman–Crippen MR) is 98.1 cm³/mol. The summed E-state index contributed by atoms with van der Waals surface area (Å²) in [5, 5.41) is 12.0. The van der Waals surface area contributed by atoms with Gasteiger partial charge in [-0.1, -0.05) is 18.9 Å². The van der Waals surface area contributed by atoms with Crippen LogP contribution >= 0.6 is 0 Å². The first-order valence-electron chi connectivity index (χ1n) is 9.54. The number of unbranched alkanes of at least 4 members (excludes halogenated alkanes) is 1. The van der Waals surface area contributed by atoms with Crippen LogP contribution < -0.4 is 5.32 Å². The van der Waals surface area contributed by atoms with Crippen molar-refractivity contribution < 1.29 is 14.7 Å². The van der Waals surface area contributed by atoms with Gasteiger partial charge in [0, 0.05) is 51.0 Å². The molecule has 3 amide bonds. The third kappa shape index (κ3) is 4.86. The fraction of sp³-hybridized carbons (Fsp3) is 0.632. The van der Waals surface area contributed by atoms with Crippen molar-refractivity contribution >= 4 is 12.1 Å². The molecule has 7 nitrogen and oxygen atoms in total. The normalized spacial score (nSPS) is 18.5. The van der Waals surface area contributed by atoms with Crippen molar-refractivity contribution in [2.24, 2.45) is 5.92 Å². The molecule has 1 aromatic rings. The van der Waals surface area contributed by atoms with Gasteiger partial charge in [0.1, 0.15) is 0 Å². The van der Waals surface area contributed by atoms with Crippen molar-refractivity contribution in [1.82, 2.24) is 20.1 Å². The molecule has 2 aliphatic heterocycles. The second-order valence-electron chi connectivity index (χ2n) is 7.33. The van der Waals surface area contributed by atoms with E-state index in [0.717, 1.165) is 45.2 Å². The monoisotopic (exact) mass is 360 g/mol. The summed E-state index contributed by atoms with van der Waals surface area (Å²) in [6, 6.07) is 4.03. The molecule has 2 aliphatic rings. The predicted octanol–water partition coefficient (Wildman–Crippen LogP) is 2.75. The van der Waals surface area contributed by atoms with Gasteiger partial charge < -0.3 is 20.2 Å². The Morgan fingerprint density at radius 2 is 1.96 bits per heavy atom. The molecule has 0 bridgehead atoms. The number of pyridine rings is 1. The third-order valence-electron chi connectivity index (χ3n) is 5.53. The highest BCUT2D eigenvalue weighted by Gasteiger charge is 2.31. The smallest absolute Gasteiger partial charge is 0.407 e. The molecule has 26 heavy (non-hydrogen) atoms. The zero-order valence-electron chi connectivity index (χ0n) is 15.1. The van der Waals surface area contributed by atoms with E-state index in [9.17, 15) is 9.59 Å². The number of nitrogens with one attached hydrogen (secondary N) is 1. The first kappa shape index (κ1) is 18.5. The molecule has 0 spiro atoms. The highest BCUT2D eigenvalue weighted by atomic mass is 16.4. The first-order chi connectivity index (χ1) is 12.6. The summed E-state index contributed by atoms with van der Waals surface area (Å²) in [4.78, 5) is 30.5. The van der Waals surface area contributed by atoms with Crippen LogP contribution in [0.4, 0.5) is 9.59 Å². The van der Waals surface area contributed by atoms with Crippen molar-refractivity contribution in [1.29, 1.82) is 0 Å². The van der Waals surface area contributed by atoms with Gasteiger partial charge >= 0.3 is 12.1 Å². The number of hydrogen-bond acceptors (Lipinski definition) is 3. The van der Waals surface area contributed by atoms with Crippen LogP contribution in [-0.2, 0) is 0 Å². The van der Waals surface area contributed by atoms with E-state index < -0.39 is 6.09 Å². The standard InChI is InChI=1S/C19H28N4O3/c24-18(23-13-17(14-23)16-5-3-8-20-12-16)21-9-2-1-4-15-6-10-22(11-7-15)19(25)26/h3,5,8,12,15,17H,1-2,4,6-7,9-11,13-14H2,(H,21,24)(H,25,26). The van der Waals surface area contributed by atoms with Crippen LogP contribution in [0.2, 0.25) is 0 Å². The molecular weight excluding hydrogens is 332 g/mol. The van der Waals surface area contributed by atoms with E-state index in [2.05, 4.69) is 16.4 Å². The fourth-order valence-electron chi connectivity index (χ4n) is 3.75. The maximum atomic E-state index is 12.1. The summed E-state index contributed by atoms with van der Waals surface area (Å²) in [7, 11) is 0. The maximum Gasteiger partial charge on any atom is 0.407 e. The molecule has 2 fully saturated rings. The third-order valence-corrected chi connectivity index (χ3v) is 5.53. The summed E-state index contributed by atoms with van der Waals surface area (Å²) < 4.78 is 0. The van der Waals surface area contributed by atoms with Crippen LogP contribution in [-0.4, -0.2) is 64.7 Å². The number of urea groups is 1. The molecule has 1 aromatic heterocycles. The molecule has 142 valence electrons. The van der Waals surface area contributed by atoms with E-state index in [1.165, 1.54) is 10.5 Å². The summed E-state index contributed by atoms with van der Waals surface area (Å²) in [6.45, 7) is 3.55. The van der Waals surface area contributed by atoms with Gasteiger partial charge in [0.25, 0.3) is 0 Å². The SMILES string of the molecule is O=C(O)N1CCC(CCCCNC(=O)N2CC(c3cccnc3)C2)CC1. The summed E-state index contributed by atoms with van der Waals surface area (Å²) in [6.07, 6.45) is 7.94. The number of hydrogen-bond donors (Lipinski definition) is 2. The van der Waals surface area contributed by atoms with Gasteiger partial charge in [-0.15, -0.1) is 0 Å². The zero-order chi connectivity index (χ0) is 18.4. The molecule has 0 aliphatic carbocycles. The van der Waals surface area contributed by atoms with Gasteiger partial charge in [-0.05, 0) is 36.8 Å². The molecule has 3 heterocycles. The van der Waals surface area contributed by atoms with Crippen LogP contribution in [0.5, 0.6) is 0 Å². The minimum atomic E-state index is -0.803. The van der Waals surface area contributed by atoms with Crippen LogP contribution in [0.3, 0.4) is 0 Å². The molecule has 7 heteroatoms. The summed E-state index contributed by atoms with van der Waals surface area (Å²) in [5.41, 5.74) is 1.20. The highest BCUT2D eigenvalue weighted by Crippen LogP contribution is 2.26. The minimum absolute atomic E-state index is 0.0277. The van der Waals surface area contributed by atoms with Gasteiger partial charge in [-0.25, -0.2) is 9.59 Å². The molecule has 3 rings (SSSR count). The number of carboxylic acid groups (broad SMARTS) is 1. The van der Waals surface area contributed by atoms with Crippen LogP contribution in [0.1, 0.15) is 43.6 Å². The molecule has 0 radical (unpaired) electrons. The molecular formula is C19H28N4O3. The van der Waals surface area contributed by atoms with Crippen molar-refractivity contribution in [2.45, 2.75) is 38.0 Å². The average molecular weight is 360 g/mol. The van der Waals surface area contributed by atoms with E-state index in [1.54, 1.807) is 6.20 Å². The highest BCUT2D eigenvalue weighted by molar-refractivity contribution is 5.75. The number of aromatic nitrogens is 1. The van der Waals surface area contributed by atoms with Crippen LogP contribution in [0, 0.1) is 5.92 Å². The molecule has 2 N–H and O–H groups in total. The number of piperidine rings is 1. The largest absolute Gasteiger partial charge is 0.465 e. The Hall–Kier alpha value is -2.31. The van der Waals surface area contributed by atoms with Crippen molar-refractivity contribution in [3.63, 3.8) is 0 Å². The van der Waals surface area contributed by atoms with Gasteiger partial charge in [0.2, 0.25) is 0 Å². The summed E-state index contributed by atoms with van der Waals surface area (Å²) in [5.74, 6) is 1.03. The Bertz CT molecular complexity index is 596. The Kier molecular flexibility index (Phi) is 6.30. The Morgan fingerprint density at radius 1 is 1.19 bits per heavy atom. The van der Waals surface area contributed by atoms with E-state index in [-0.39, 0.29) is 6.03 Å². The van der Waals surface area contributed by atoms with Gasteiger partial charge in [-0.3, -0.25) is 4.98 Å². The van der Waals surface area contributed by atoms with Crippen molar-refractivity contribution in [2.75, 3.05) is 32.7 Å². The number of amides is 3. The first-order valence-corrected chi connectivity index (χ1v) is 9.54. The minimum Gasteiger partial charge on any atom is -0.465 e. The van der Waals surface area contributed by atoms with Gasteiger partial charge in [0.05, 0.1) is 0 Å². The average Bonchev–Trinajstić information content (AvgIpc) is 2.61. The van der Waals surface area contributed by atoms with Crippen LogP contribution in [0.15, 0.2) is 24.5 Å². The molecule has 0 aromatic carbocycles. The number of carbonyl (C=O) groups excluding carboxylic acids is 1. The molecule has 0 unspecified atom stereocenters.